The fourth-order valence-electron chi connectivity index (χ4n) is 5.86. The van der Waals surface area contributed by atoms with Crippen LogP contribution < -0.4 is 5.32 Å². The van der Waals surface area contributed by atoms with Crippen LogP contribution in [0.1, 0.15) is 66.0 Å². The van der Waals surface area contributed by atoms with Gasteiger partial charge in [0.05, 0.1) is 12.6 Å². The highest BCUT2D eigenvalue weighted by Gasteiger charge is 2.43. The fraction of sp³-hybridized carbons (Fsp3) is 0.344. The standard InChI is InChI=1S/C32H32F3N3O4/c1-18-10-23-22-7-5-4-6-20(22)11-24(23)30(38(18)17-32(2,3)35)29-25(33)12-21(13-26(29)34)37-31(41)27-9-8-19(14-36-27)15-42-16-28(39)40/h4-9,12-14,18,30H,10-11,15-17H2,1-3H3,(H,37,41)(H,39,40)/t18-,30+/m1/s1. The lowest BCUT2D eigenvalue weighted by Gasteiger charge is -2.44. The van der Waals surface area contributed by atoms with E-state index < -0.39 is 41.8 Å². The number of hydrogen-bond acceptors (Lipinski definition) is 5. The van der Waals surface area contributed by atoms with Crippen LogP contribution in [0.5, 0.6) is 0 Å². The third kappa shape index (κ3) is 6.24. The van der Waals surface area contributed by atoms with E-state index in [0.29, 0.717) is 18.4 Å². The predicted octanol–water partition coefficient (Wildman–Crippen LogP) is 6.11. The number of pyridine rings is 1. The number of nitrogens with zero attached hydrogens (tertiary/aromatic N) is 2. The maximum Gasteiger partial charge on any atom is 0.329 e. The highest BCUT2D eigenvalue weighted by atomic mass is 19.1. The molecule has 0 saturated carbocycles. The lowest BCUT2D eigenvalue weighted by Crippen LogP contribution is -2.47. The number of carboxylic acid groups (broad SMARTS) is 1. The molecular formula is C32H32F3N3O4. The van der Waals surface area contributed by atoms with Crippen molar-refractivity contribution in [3.63, 3.8) is 0 Å². The Morgan fingerprint density at radius 3 is 2.50 bits per heavy atom. The van der Waals surface area contributed by atoms with Gasteiger partial charge in [-0.05, 0) is 79.6 Å². The van der Waals surface area contributed by atoms with Gasteiger partial charge in [0.25, 0.3) is 5.91 Å². The van der Waals surface area contributed by atoms with Crippen molar-refractivity contribution in [2.75, 3.05) is 18.5 Å². The van der Waals surface area contributed by atoms with Crippen LogP contribution in [0.3, 0.4) is 0 Å². The van der Waals surface area contributed by atoms with E-state index in [1.165, 1.54) is 26.1 Å². The molecule has 0 fully saturated rings. The maximum absolute atomic E-state index is 15.9. The van der Waals surface area contributed by atoms with E-state index in [1.807, 2.05) is 36.1 Å². The Morgan fingerprint density at radius 2 is 1.86 bits per heavy atom. The second-order valence-corrected chi connectivity index (χ2v) is 11.4. The van der Waals surface area contributed by atoms with Crippen LogP contribution in [-0.4, -0.2) is 51.7 Å². The number of anilines is 1. The number of alkyl halides is 1. The normalized spacial score (nSPS) is 18.5. The van der Waals surface area contributed by atoms with Gasteiger partial charge in [-0.15, -0.1) is 0 Å². The molecule has 7 nitrogen and oxygen atoms in total. The van der Waals surface area contributed by atoms with Crippen LogP contribution in [0.2, 0.25) is 0 Å². The minimum atomic E-state index is -1.60. The summed E-state index contributed by atoms with van der Waals surface area (Å²) in [5, 5.41) is 11.1. The lowest BCUT2D eigenvalue weighted by molar-refractivity contribution is -0.142. The minimum absolute atomic E-state index is 0.00129. The van der Waals surface area contributed by atoms with Gasteiger partial charge >= 0.3 is 5.97 Å². The van der Waals surface area contributed by atoms with Gasteiger partial charge in [-0.2, -0.15) is 0 Å². The Balaban J connectivity index is 1.42. The number of carbonyl (C=O) groups excluding carboxylic acids is 1. The van der Waals surface area contributed by atoms with Crippen molar-refractivity contribution in [2.45, 2.75) is 58.0 Å². The van der Waals surface area contributed by atoms with E-state index in [4.69, 9.17) is 9.84 Å². The molecule has 2 aromatic carbocycles. The van der Waals surface area contributed by atoms with E-state index in [1.54, 1.807) is 6.07 Å². The number of aliphatic carboxylic acids is 1. The molecule has 0 spiro atoms. The Kier molecular flexibility index (Phi) is 8.21. The molecule has 10 heteroatoms. The fourth-order valence-corrected chi connectivity index (χ4v) is 5.86. The van der Waals surface area contributed by atoms with Gasteiger partial charge in [-0.1, -0.05) is 30.3 Å². The molecule has 5 rings (SSSR count). The number of halogens is 3. The summed E-state index contributed by atoms with van der Waals surface area (Å²) in [6.45, 7) is 4.39. The molecule has 2 heterocycles. The van der Waals surface area contributed by atoms with Crippen LogP contribution in [-0.2, 0) is 22.6 Å². The number of rotatable bonds is 9. The number of ether oxygens (including phenoxy) is 1. The van der Waals surface area contributed by atoms with E-state index in [2.05, 4.69) is 10.3 Å². The van der Waals surface area contributed by atoms with Crippen molar-refractivity contribution < 1.29 is 32.6 Å². The zero-order valence-corrected chi connectivity index (χ0v) is 23.6. The van der Waals surface area contributed by atoms with Crippen LogP contribution in [0.4, 0.5) is 18.9 Å². The Bertz CT molecular complexity index is 1530. The highest BCUT2D eigenvalue weighted by Crippen LogP contribution is 2.50. The van der Waals surface area contributed by atoms with Crippen molar-refractivity contribution in [3.8, 4) is 0 Å². The van der Waals surface area contributed by atoms with Crippen LogP contribution in [0, 0.1) is 11.6 Å². The van der Waals surface area contributed by atoms with E-state index in [-0.39, 0.29) is 36.1 Å². The quantitative estimate of drug-likeness (QED) is 0.318. The average molecular weight is 580 g/mol. The van der Waals surface area contributed by atoms with E-state index >= 15 is 13.2 Å². The Hall–Kier alpha value is -4.02. The molecule has 1 aromatic heterocycles. The minimum Gasteiger partial charge on any atom is -0.480 e. The maximum atomic E-state index is 15.9. The number of carbonyl (C=O) groups is 2. The Morgan fingerprint density at radius 1 is 1.14 bits per heavy atom. The van der Waals surface area contributed by atoms with Gasteiger partial charge < -0.3 is 15.2 Å². The van der Waals surface area contributed by atoms with E-state index in [0.717, 1.165) is 34.4 Å². The molecule has 42 heavy (non-hydrogen) atoms. The molecule has 1 aliphatic carbocycles. The van der Waals surface area contributed by atoms with Crippen LogP contribution >= 0.6 is 0 Å². The molecule has 2 aliphatic rings. The first kappa shape index (κ1) is 29.5. The van der Waals surface area contributed by atoms with Crippen molar-refractivity contribution >= 4 is 23.1 Å². The number of carboxylic acids is 1. The topological polar surface area (TPSA) is 91.8 Å². The number of hydrogen-bond donors (Lipinski definition) is 2. The molecule has 3 aromatic rings. The number of benzene rings is 2. The number of fused-ring (bicyclic) bond motifs is 2. The Labute approximate surface area is 242 Å². The molecule has 2 atom stereocenters. The first-order valence-electron chi connectivity index (χ1n) is 13.7. The van der Waals surface area contributed by atoms with Crippen molar-refractivity contribution in [3.05, 3.63) is 99.9 Å². The van der Waals surface area contributed by atoms with Crippen LogP contribution in [0.15, 0.2) is 60.3 Å². The molecule has 0 bridgehead atoms. The monoisotopic (exact) mass is 579 g/mol. The highest BCUT2D eigenvalue weighted by molar-refractivity contribution is 6.02. The largest absolute Gasteiger partial charge is 0.480 e. The second kappa shape index (κ2) is 11.7. The van der Waals surface area contributed by atoms with Gasteiger partial charge in [0.1, 0.15) is 29.6 Å². The zero-order chi connectivity index (χ0) is 30.2. The van der Waals surface area contributed by atoms with Crippen LogP contribution in [0.25, 0.3) is 5.57 Å². The summed E-state index contributed by atoms with van der Waals surface area (Å²) in [4.78, 5) is 29.2. The molecular weight excluding hydrogens is 547 g/mol. The number of aromatic nitrogens is 1. The molecule has 2 N–H and O–H groups in total. The molecule has 220 valence electrons. The lowest BCUT2D eigenvalue weighted by atomic mass is 9.84. The van der Waals surface area contributed by atoms with Crippen molar-refractivity contribution in [1.82, 2.24) is 9.88 Å². The molecule has 1 aliphatic heterocycles. The third-order valence-electron chi connectivity index (χ3n) is 7.56. The van der Waals surface area contributed by atoms with Gasteiger partial charge in [-0.3, -0.25) is 14.7 Å². The first-order valence-corrected chi connectivity index (χ1v) is 13.7. The SMILES string of the molecule is C[C@@H]1CC2=C(Cc3ccccc32)[C@@H](c2c(F)cc(NC(=O)c3ccc(COCC(=O)O)cn3)cc2F)N1CC(C)(C)F. The predicted molar refractivity (Wildman–Crippen MR) is 152 cm³/mol. The summed E-state index contributed by atoms with van der Waals surface area (Å²) in [6, 6.07) is 12.0. The number of nitrogens with one attached hydrogen (secondary N) is 1. The zero-order valence-electron chi connectivity index (χ0n) is 23.6. The smallest absolute Gasteiger partial charge is 0.329 e. The number of amides is 1. The molecule has 0 saturated heterocycles. The van der Waals surface area contributed by atoms with Gasteiger partial charge in [0, 0.05) is 30.0 Å². The summed E-state index contributed by atoms with van der Waals surface area (Å²) in [7, 11) is 0. The second-order valence-electron chi connectivity index (χ2n) is 11.4. The van der Waals surface area contributed by atoms with Gasteiger partial charge in [-0.25, -0.2) is 18.0 Å². The summed E-state index contributed by atoms with van der Waals surface area (Å²) >= 11 is 0. The molecule has 0 unspecified atom stereocenters. The first-order chi connectivity index (χ1) is 19.9. The molecule has 0 radical (unpaired) electrons. The van der Waals surface area contributed by atoms with Crippen molar-refractivity contribution in [2.24, 2.45) is 0 Å². The summed E-state index contributed by atoms with van der Waals surface area (Å²) < 4.78 is 51.8. The van der Waals surface area contributed by atoms with Crippen molar-refractivity contribution in [1.29, 1.82) is 0 Å². The van der Waals surface area contributed by atoms with E-state index in [9.17, 15) is 9.59 Å². The van der Waals surface area contributed by atoms with Gasteiger partial charge in [0.15, 0.2) is 0 Å². The average Bonchev–Trinajstić information content (AvgIpc) is 3.27. The molecule has 1 amide bonds. The summed E-state index contributed by atoms with van der Waals surface area (Å²) in [5.41, 5.74) is 2.77. The summed E-state index contributed by atoms with van der Waals surface area (Å²) in [5.74, 6) is -3.46. The third-order valence-corrected chi connectivity index (χ3v) is 7.56. The van der Waals surface area contributed by atoms with Gasteiger partial charge in [0.2, 0.25) is 0 Å². The summed E-state index contributed by atoms with van der Waals surface area (Å²) in [6.07, 6.45) is 2.53.